The number of rotatable bonds is 6. The standard InChI is InChI=1S/C21H23NO6S/c1-24-16-10-18(26-3)17(25-2)9-14(16)21-22(20(23)6-7-29-21)11-13-4-5-15-19(8-13)28-12-27-15/h4-5,8-10,21H,6-7,11-12H2,1-3H3. The Hall–Kier alpha value is -2.74. The summed E-state index contributed by atoms with van der Waals surface area (Å²) < 4.78 is 27.3. The molecule has 2 aromatic rings. The number of ether oxygens (including phenoxy) is 5. The van der Waals surface area contributed by atoms with Crippen molar-refractivity contribution < 1.29 is 28.5 Å². The van der Waals surface area contributed by atoms with Crippen LogP contribution in [0.2, 0.25) is 0 Å². The molecular formula is C21H23NO6S. The van der Waals surface area contributed by atoms with Gasteiger partial charge in [0.15, 0.2) is 23.0 Å². The zero-order valence-corrected chi connectivity index (χ0v) is 17.4. The van der Waals surface area contributed by atoms with Gasteiger partial charge in [-0.3, -0.25) is 4.79 Å². The fourth-order valence-electron chi connectivity index (χ4n) is 3.53. The first-order valence-corrected chi connectivity index (χ1v) is 10.3. The second-order valence-corrected chi connectivity index (χ2v) is 7.82. The summed E-state index contributed by atoms with van der Waals surface area (Å²) >= 11 is 1.71. The number of hydrogen-bond donors (Lipinski definition) is 0. The third kappa shape index (κ3) is 3.76. The van der Waals surface area contributed by atoms with E-state index >= 15 is 0 Å². The fourth-order valence-corrected chi connectivity index (χ4v) is 4.78. The van der Waals surface area contributed by atoms with Gasteiger partial charge in [-0.15, -0.1) is 11.8 Å². The Kier molecular flexibility index (Phi) is 5.62. The summed E-state index contributed by atoms with van der Waals surface area (Å²) in [5, 5.41) is -0.198. The summed E-state index contributed by atoms with van der Waals surface area (Å²) in [7, 11) is 4.79. The van der Waals surface area contributed by atoms with E-state index in [1.165, 1.54) is 0 Å². The Bertz CT molecular complexity index is 918. The van der Waals surface area contributed by atoms with Crippen molar-refractivity contribution in [3.63, 3.8) is 0 Å². The number of hydrogen-bond acceptors (Lipinski definition) is 7. The molecule has 8 heteroatoms. The molecule has 4 rings (SSSR count). The van der Waals surface area contributed by atoms with Gasteiger partial charge >= 0.3 is 0 Å². The molecule has 0 radical (unpaired) electrons. The number of carbonyl (C=O) groups is 1. The van der Waals surface area contributed by atoms with Crippen molar-refractivity contribution in [2.45, 2.75) is 18.3 Å². The van der Waals surface area contributed by atoms with Crippen LogP contribution in [0, 0.1) is 0 Å². The molecule has 1 fully saturated rings. The van der Waals surface area contributed by atoms with Gasteiger partial charge in [-0.1, -0.05) is 6.07 Å². The van der Waals surface area contributed by atoms with Gasteiger partial charge in [-0.05, 0) is 23.8 Å². The lowest BCUT2D eigenvalue weighted by molar-refractivity contribution is -0.132. The summed E-state index contributed by atoms with van der Waals surface area (Å²) in [6, 6.07) is 9.46. The van der Waals surface area contributed by atoms with E-state index in [1.807, 2.05) is 29.2 Å². The minimum absolute atomic E-state index is 0.100. The Morgan fingerprint density at radius 2 is 1.72 bits per heavy atom. The third-order valence-corrected chi connectivity index (χ3v) is 6.25. The maximum absolute atomic E-state index is 12.9. The number of methoxy groups -OCH3 is 3. The normalized spacial score (nSPS) is 18.0. The molecule has 1 atom stereocenters. The van der Waals surface area contributed by atoms with Crippen LogP contribution in [0.15, 0.2) is 30.3 Å². The fraction of sp³-hybridized carbons (Fsp3) is 0.381. The van der Waals surface area contributed by atoms with Gasteiger partial charge in [-0.25, -0.2) is 0 Å². The Morgan fingerprint density at radius 1 is 1.00 bits per heavy atom. The van der Waals surface area contributed by atoms with Crippen LogP contribution in [0.4, 0.5) is 0 Å². The molecule has 2 aromatic carbocycles. The van der Waals surface area contributed by atoms with Crippen LogP contribution in [0.3, 0.4) is 0 Å². The Morgan fingerprint density at radius 3 is 2.48 bits per heavy atom. The van der Waals surface area contributed by atoms with Gasteiger partial charge < -0.3 is 28.6 Å². The quantitative estimate of drug-likeness (QED) is 0.711. The summed E-state index contributed by atoms with van der Waals surface area (Å²) in [6.07, 6.45) is 0.501. The molecule has 7 nitrogen and oxygen atoms in total. The molecule has 2 aliphatic rings. The van der Waals surface area contributed by atoms with Gasteiger partial charge in [0.2, 0.25) is 12.7 Å². The molecule has 0 saturated carbocycles. The molecule has 0 aromatic heterocycles. The first kappa shape index (κ1) is 19.6. The lowest BCUT2D eigenvalue weighted by Gasteiger charge is -2.36. The van der Waals surface area contributed by atoms with Crippen molar-refractivity contribution in [2.75, 3.05) is 33.9 Å². The lowest BCUT2D eigenvalue weighted by atomic mass is 10.1. The summed E-state index contributed by atoms with van der Waals surface area (Å²) in [4.78, 5) is 14.7. The zero-order valence-electron chi connectivity index (χ0n) is 16.6. The molecule has 0 bridgehead atoms. The smallest absolute Gasteiger partial charge is 0.231 e. The molecule has 0 spiro atoms. The number of carbonyl (C=O) groups excluding carboxylic acids is 1. The van der Waals surface area contributed by atoms with Crippen LogP contribution < -0.4 is 23.7 Å². The summed E-state index contributed by atoms with van der Waals surface area (Å²) in [5.74, 6) is 4.13. The molecule has 2 aliphatic heterocycles. The van der Waals surface area contributed by atoms with Crippen LogP contribution in [0.25, 0.3) is 0 Å². The van der Waals surface area contributed by atoms with E-state index in [1.54, 1.807) is 39.2 Å². The van der Waals surface area contributed by atoms with Gasteiger partial charge in [0.05, 0.1) is 21.3 Å². The first-order chi connectivity index (χ1) is 14.1. The predicted octanol–water partition coefficient (Wildman–Crippen LogP) is 3.61. The number of benzene rings is 2. The topological polar surface area (TPSA) is 66.5 Å². The average Bonchev–Trinajstić information content (AvgIpc) is 3.22. The molecule has 154 valence electrons. The highest BCUT2D eigenvalue weighted by molar-refractivity contribution is 7.99. The van der Waals surface area contributed by atoms with Crippen LogP contribution in [0.1, 0.15) is 22.9 Å². The maximum atomic E-state index is 12.9. The Balaban J connectivity index is 1.69. The number of nitrogens with zero attached hydrogens (tertiary/aromatic N) is 1. The van der Waals surface area contributed by atoms with E-state index in [9.17, 15) is 4.79 Å². The van der Waals surface area contributed by atoms with Crippen molar-refractivity contribution in [3.8, 4) is 28.7 Å². The van der Waals surface area contributed by atoms with E-state index < -0.39 is 0 Å². The molecular weight excluding hydrogens is 394 g/mol. The van der Waals surface area contributed by atoms with E-state index in [4.69, 9.17) is 23.7 Å². The molecule has 0 aliphatic carbocycles. The van der Waals surface area contributed by atoms with Gasteiger partial charge in [0.25, 0.3) is 0 Å². The van der Waals surface area contributed by atoms with Crippen molar-refractivity contribution in [1.29, 1.82) is 0 Å². The number of fused-ring (bicyclic) bond motifs is 1. The van der Waals surface area contributed by atoms with E-state index in [0.29, 0.717) is 36.0 Å². The van der Waals surface area contributed by atoms with Gasteiger partial charge in [0.1, 0.15) is 11.1 Å². The molecule has 1 amide bonds. The van der Waals surface area contributed by atoms with Crippen molar-refractivity contribution >= 4 is 17.7 Å². The van der Waals surface area contributed by atoms with Crippen LogP contribution in [-0.4, -0.2) is 44.7 Å². The second kappa shape index (κ2) is 8.32. The third-order valence-electron chi connectivity index (χ3n) is 4.99. The minimum atomic E-state index is -0.198. The first-order valence-electron chi connectivity index (χ1n) is 9.24. The van der Waals surface area contributed by atoms with Crippen LogP contribution in [-0.2, 0) is 11.3 Å². The second-order valence-electron chi connectivity index (χ2n) is 6.63. The molecule has 1 saturated heterocycles. The molecule has 29 heavy (non-hydrogen) atoms. The van der Waals surface area contributed by atoms with Gasteiger partial charge in [-0.2, -0.15) is 0 Å². The highest BCUT2D eigenvalue weighted by Gasteiger charge is 2.33. The van der Waals surface area contributed by atoms with Gasteiger partial charge in [0, 0.05) is 30.3 Å². The summed E-state index contributed by atoms with van der Waals surface area (Å²) in [6.45, 7) is 0.688. The van der Waals surface area contributed by atoms with Crippen LogP contribution in [0.5, 0.6) is 28.7 Å². The molecule has 0 N–H and O–H groups in total. The van der Waals surface area contributed by atoms with Crippen molar-refractivity contribution in [3.05, 3.63) is 41.5 Å². The van der Waals surface area contributed by atoms with E-state index in [0.717, 1.165) is 22.6 Å². The summed E-state index contributed by atoms with van der Waals surface area (Å²) in [5.41, 5.74) is 1.86. The predicted molar refractivity (Wildman–Crippen MR) is 109 cm³/mol. The highest BCUT2D eigenvalue weighted by Crippen LogP contribution is 2.46. The SMILES string of the molecule is COc1cc(OC)c(C2SCCC(=O)N2Cc2ccc3c(c2)OCO3)cc1OC. The average molecular weight is 417 g/mol. The zero-order chi connectivity index (χ0) is 20.4. The lowest BCUT2D eigenvalue weighted by Crippen LogP contribution is -2.36. The number of amides is 1. The Labute approximate surface area is 173 Å². The van der Waals surface area contributed by atoms with E-state index in [2.05, 4.69) is 0 Å². The molecule has 1 unspecified atom stereocenters. The molecule has 2 heterocycles. The largest absolute Gasteiger partial charge is 0.496 e. The van der Waals surface area contributed by atoms with Crippen molar-refractivity contribution in [1.82, 2.24) is 4.90 Å². The minimum Gasteiger partial charge on any atom is -0.496 e. The van der Waals surface area contributed by atoms with Crippen molar-refractivity contribution in [2.24, 2.45) is 0 Å². The monoisotopic (exact) mass is 417 g/mol. The maximum Gasteiger partial charge on any atom is 0.231 e. The van der Waals surface area contributed by atoms with E-state index in [-0.39, 0.29) is 18.1 Å². The highest BCUT2D eigenvalue weighted by atomic mass is 32.2. The van der Waals surface area contributed by atoms with Crippen LogP contribution >= 0.6 is 11.8 Å². The number of thioether (sulfide) groups is 1.